The van der Waals surface area contributed by atoms with Gasteiger partial charge in [0.05, 0.1) is 6.54 Å². The minimum absolute atomic E-state index is 0. The Bertz CT molecular complexity index is 1270. The number of aromatic nitrogens is 2. The second-order valence-corrected chi connectivity index (χ2v) is 8.78. The number of hydrogen-bond acceptors (Lipinski definition) is 8. The molecule has 0 bridgehead atoms. The molecule has 37 heavy (non-hydrogen) atoms. The molecule has 2 aromatic carbocycles. The van der Waals surface area contributed by atoms with E-state index in [-0.39, 0.29) is 56.2 Å². The van der Waals surface area contributed by atoms with Crippen LogP contribution in [0.15, 0.2) is 40.9 Å². The lowest BCUT2D eigenvalue weighted by Crippen LogP contribution is -2.49. The normalized spacial score (nSPS) is 12.6. The van der Waals surface area contributed by atoms with Gasteiger partial charge in [0, 0.05) is 51.4 Å². The van der Waals surface area contributed by atoms with E-state index in [4.69, 9.17) is 10.3 Å². The third-order valence-corrected chi connectivity index (χ3v) is 6.19. The Balaban J connectivity index is 0.00000380. The van der Waals surface area contributed by atoms with Gasteiger partial charge in [-0.3, -0.25) is 14.6 Å². The third-order valence-electron chi connectivity index (χ3n) is 6.19. The van der Waals surface area contributed by atoms with Crippen LogP contribution >= 0.6 is 12.4 Å². The Kier molecular flexibility index (Phi) is 9.19. The number of carbonyl (C=O) groups is 2. The summed E-state index contributed by atoms with van der Waals surface area (Å²) in [7, 11) is 1.66. The van der Waals surface area contributed by atoms with Crippen molar-refractivity contribution in [3.8, 4) is 11.4 Å². The van der Waals surface area contributed by atoms with Crippen molar-refractivity contribution in [1.82, 2.24) is 25.1 Å². The molecular weight excluding hydrogens is 501 g/mol. The first-order valence-electron chi connectivity index (χ1n) is 11.7. The van der Waals surface area contributed by atoms with Gasteiger partial charge in [-0.1, -0.05) is 23.4 Å². The van der Waals surface area contributed by atoms with Crippen molar-refractivity contribution in [3.63, 3.8) is 0 Å². The summed E-state index contributed by atoms with van der Waals surface area (Å²) in [6, 6.07) is 10.3. The molecule has 0 fully saturated rings. The summed E-state index contributed by atoms with van der Waals surface area (Å²) in [5, 5.41) is 10.4. The first-order chi connectivity index (χ1) is 17.2. The number of nitrogens with two attached hydrogens (primary N) is 1. The van der Waals surface area contributed by atoms with Crippen LogP contribution in [0.3, 0.4) is 0 Å². The molecule has 0 aliphatic carbocycles. The number of benzene rings is 2. The van der Waals surface area contributed by atoms with Crippen molar-refractivity contribution in [2.45, 2.75) is 26.9 Å². The number of likely N-dealkylation sites (N-methyl/N-ethyl adjacent to an activating group) is 1. The first kappa shape index (κ1) is 28.0. The van der Waals surface area contributed by atoms with Crippen molar-refractivity contribution in [1.29, 1.82) is 0 Å². The molecule has 12 heteroatoms. The van der Waals surface area contributed by atoms with Gasteiger partial charge in [0.25, 0.3) is 5.91 Å². The second kappa shape index (κ2) is 12.1. The Morgan fingerprint density at radius 3 is 2.59 bits per heavy atom. The SMILES string of the molecule is Cc1nc(-c2ccc(C)c(NCC(=O)N(CCN)CC(=O)N(C)N3Cc4ccc(F)cc4C3)c2)no1.Cl. The minimum Gasteiger partial charge on any atom is -0.376 e. The number of nitrogens with zero attached hydrogens (tertiary/aromatic N) is 5. The van der Waals surface area contributed by atoms with Crippen molar-refractivity contribution < 1.29 is 18.5 Å². The zero-order valence-corrected chi connectivity index (χ0v) is 21.8. The van der Waals surface area contributed by atoms with Crippen LogP contribution in [-0.2, 0) is 22.7 Å². The van der Waals surface area contributed by atoms with Crippen LogP contribution < -0.4 is 11.1 Å². The number of halogens is 2. The molecule has 0 saturated heterocycles. The van der Waals surface area contributed by atoms with E-state index >= 15 is 0 Å². The number of hydrogen-bond donors (Lipinski definition) is 2. The maximum absolute atomic E-state index is 13.6. The lowest BCUT2D eigenvalue weighted by atomic mass is 10.1. The number of hydrazine groups is 1. The molecule has 3 N–H and O–H groups in total. The van der Waals surface area contributed by atoms with Crippen molar-refractivity contribution in [3.05, 3.63) is 64.8 Å². The van der Waals surface area contributed by atoms with E-state index in [0.717, 1.165) is 27.9 Å². The third kappa shape index (κ3) is 6.62. The lowest BCUT2D eigenvalue weighted by Gasteiger charge is -2.30. The maximum Gasteiger partial charge on any atom is 0.256 e. The zero-order valence-electron chi connectivity index (χ0n) is 21.0. The molecule has 1 aliphatic heterocycles. The smallest absolute Gasteiger partial charge is 0.256 e. The summed E-state index contributed by atoms with van der Waals surface area (Å²) in [6.07, 6.45) is 0. The molecule has 0 unspecified atom stereocenters. The first-order valence-corrected chi connectivity index (χ1v) is 11.7. The van der Waals surface area contributed by atoms with Crippen LogP contribution in [0.5, 0.6) is 0 Å². The fourth-order valence-corrected chi connectivity index (χ4v) is 4.08. The van der Waals surface area contributed by atoms with Crippen LogP contribution in [-0.4, -0.2) is 70.1 Å². The van der Waals surface area contributed by atoms with E-state index in [2.05, 4.69) is 15.5 Å². The quantitative estimate of drug-likeness (QED) is 0.432. The largest absolute Gasteiger partial charge is 0.376 e. The standard InChI is InChI=1S/C25H30FN7O3.ClH/c1-16-4-5-18(25-29-17(2)36-30-25)11-22(16)28-12-23(34)32(9-8-27)15-24(35)31(3)33-13-19-6-7-21(26)10-20(19)14-33;/h4-7,10-11,28H,8-9,12-15,27H2,1-3H3;1H. The summed E-state index contributed by atoms with van der Waals surface area (Å²) in [6.45, 7) is 4.91. The Labute approximate surface area is 221 Å². The van der Waals surface area contributed by atoms with Crippen molar-refractivity contribution in [2.24, 2.45) is 5.73 Å². The molecule has 2 heterocycles. The van der Waals surface area contributed by atoms with Gasteiger partial charge in [-0.2, -0.15) is 4.98 Å². The topological polar surface area (TPSA) is 121 Å². The fourth-order valence-electron chi connectivity index (χ4n) is 4.08. The lowest BCUT2D eigenvalue weighted by molar-refractivity contribution is -0.151. The van der Waals surface area contributed by atoms with Crippen LogP contribution in [0, 0.1) is 19.7 Å². The molecule has 2 amide bonds. The highest BCUT2D eigenvalue weighted by Gasteiger charge is 2.27. The highest BCUT2D eigenvalue weighted by atomic mass is 35.5. The summed E-state index contributed by atoms with van der Waals surface area (Å²) < 4.78 is 18.6. The van der Waals surface area contributed by atoms with E-state index in [1.807, 2.05) is 30.1 Å². The maximum atomic E-state index is 13.6. The molecule has 0 radical (unpaired) electrons. The van der Waals surface area contributed by atoms with E-state index < -0.39 is 0 Å². The zero-order chi connectivity index (χ0) is 25.8. The molecule has 10 nitrogen and oxygen atoms in total. The van der Waals surface area contributed by atoms with Crippen LogP contribution in [0.4, 0.5) is 10.1 Å². The number of aryl methyl sites for hydroxylation is 2. The summed E-state index contributed by atoms with van der Waals surface area (Å²) in [5.41, 5.74) is 10.0. The second-order valence-electron chi connectivity index (χ2n) is 8.78. The van der Waals surface area contributed by atoms with Crippen molar-refractivity contribution >= 4 is 29.9 Å². The summed E-state index contributed by atoms with van der Waals surface area (Å²) in [4.78, 5) is 31.7. The Morgan fingerprint density at radius 1 is 1.14 bits per heavy atom. The van der Waals surface area contributed by atoms with Gasteiger partial charge >= 0.3 is 0 Å². The van der Waals surface area contributed by atoms with Gasteiger partial charge in [-0.15, -0.1) is 12.4 Å². The molecule has 1 aromatic heterocycles. The number of amides is 2. The minimum atomic E-state index is -0.301. The molecule has 198 valence electrons. The average Bonchev–Trinajstić information content (AvgIpc) is 3.48. The van der Waals surface area contributed by atoms with Crippen molar-refractivity contribution in [2.75, 3.05) is 38.5 Å². The van der Waals surface area contributed by atoms with Crippen LogP contribution in [0.2, 0.25) is 0 Å². The number of anilines is 1. The molecule has 1 aliphatic rings. The molecule has 4 rings (SSSR count). The molecule has 0 atom stereocenters. The van der Waals surface area contributed by atoms with Crippen LogP contribution in [0.1, 0.15) is 22.6 Å². The van der Waals surface area contributed by atoms with Gasteiger partial charge in [0.2, 0.25) is 17.6 Å². The Hall–Kier alpha value is -3.54. The van der Waals surface area contributed by atoms with Gasteiger partial charge in [0.1, 0.15) is 12.4 Å². The molecular formula is C25H31ClFN7O3. The van der Waals surface area contributed by atoms with Gasteiger partial charge in [0.15, 0.2) is 0 Å². The van der Waals surface area contributed by atoms with Crippen LogP contribution in [0.25, 0.3) is 11.4 Å². The van der Waals surface area contributed by atoms with Gasteiger partial charge in [-0.25, -0.2) is 9.40 Å². The number of carbonyl (C=O) groups excluding carboxylic acids is 2. The fraction of sp³-hybridized carbons (Fsp3) is 0.360. The van der Waals surface area contributed by atoms with Gasteiger partial charge in [-0.05, 0) is 41.8 Å². The number of fused-ring (bicyclic) bond motifs is 1. The average molecular weight is 532 g/mol. The number of rotatable bonds is 9. The highest BCUT2D eigenvalue weighted by molar-refractivity contribution is 5.87. The summed E-state index contributed by atoms with van der Waals surface area (Å²) in [5.74, 6) is 0.120. The molecule has 0 saturated carbocycles. The molecule has 3 aromatic rings. The predicted octanol–water partition coefficient (Wildman–Crippen LogP) is 2.50. The molecule has 0 spiro atoms. The monoisotopic (exact) mass is 531 g/mol. The van der Waals surface area contributed by atoms with Gasteiger partial charge < -0.3 is 20.5 Å². The van der Waals surface area contributed by atoms with E-state index in [9.17, 15) is 14.0 Å². The summed E-state index contributed by atoms with van der Waals surface area (Å²) >= 11 is 0. The van der Waals surface area contributed by atoms with E-state index in [1.54, 1.807) is 20.0 Å². The Morgan fingerprint density at radius 2 is 1.89 bits per heavy atom. The van der Waals surface area contributed by atoms with E-state index in [1.165, 1.54) is 22.0 Å². The number of nitrogens with one attached hydrogen (secondary N) is 1. The highest BCUT2D eigenvalue weighted by Crippen LogP contribution is 2.25. The predicted molar refractivity (Wildman–Crippen MR) is 139 cm³/mol. The van der Waals surface area contributed by atoms with E-state index in [0.29, 0.717) is 24.8 Å².